The van der Waals surface area contributed by atoms with Crippen molar-refractivity contribution in [2.75, 3.05) is 6.54 Å². The molecule has 0 fully saturated rings. The molecular weight excluding hydrogens is 581 g/mol. The molecule has 0 radical (unpaired) electrons. The van der Waals surface area contributed by atoms with Gasteiger partial charge in [-0.25, -0.2) is 14.6 Å². The highest BCUT2D eigenvalue weighted by atomic mass is 19.4. The Balaban J connectivity index is 0.000000676. The number of aromatic nitrogens is 1. The Morgan fingerprint density at radius 2 is 1.61 bits per heavy atom. The summed E-state index contributed by atoms with van der Waals surface area (Å²) >= 11 is 0. The van der Waals surface area contributed by atoms with E-state index in [2.05, 4.69) is 40.6 Å². The summed E-state index contributed by atoms with van der Waals surface area (Å²) < 4.78 is 42.7. The predicted molar refractivity (Wildman–Crippen MR) is 155 cm³/mol. The monoisotopic (exact) mass is 614 g/mol. The zero-order valence-corrected chi connectivity index (χ0v) is 23.6. The highest BCUT2D eigenvalue weighted by Crippen LogP contribution is 2.23. The van der Waals surface area contributed by atoms with Gasteiger partial charge in [-0.1, -0.05) is 72.8 Å². The van der Waals surface area contributed by atoms with Crippen molar-refractivity contribution in [1.82, 2.24) is 10.3 Å². The van der Waals surface area contributed by atoms with Crippen LogP contribution in [0.1, 0.15) is 52.8 Å². The molecule has 0 aliphatic heterocycles. The maximum absolute atomic E-state index is 12.8. The fraction of sp³-hybridized carbons (Fsp3) is 0.290. The van der Waals surface area contributed by atoms with Gasteiger partial charge in [0.2, 0.25) is 11.8 Å². The molecule has 234 valence electrons. The van der Waals surface area contributed by atoms with E-state index in [-0.39, 0.29) is 24.1 Å². The summed E-state index contributed by atoms with van der Waals surface area (Å²) in [6.45, 7) is 0.584. The third-order valence-electron chi connectivity index (χ3n) is 6.39. The highest BCUT2D eigenvalue weighted by molar-refractivity contribution is 5.87. The maximum atomic E-state index is 12.8. The Hall–Kier alpha value is -4.75. The molecule has 1 amide bonds. The second-order valence-electron chi connectivity index (χ2n) is 9.75. The third-order valence-corrected chi connectivity index (χ3v) is 6.39. The van der Waals surface area contributed by atoms with Crippen molar-refractivity contribution in [1.29, 1.82) is 0 Å². The van der Waals surface area contributed by atoms with E-state index in [1.54, 1.807) is 0 Å². The molecular formula is C31H33F3N4O6. The van der Waals surface area contributed by atoms with Gasteiger partial charge in [0.15, 0.2) is 5.69 Å². The van der Waals surface area contributed by atoms with Crippen molar-refractivity contribution >= 4 is 28.6 Å². The van der Waals surface area contributed by atoms with Gasteiger partial charge in [-0.15, -0.1) is 0 Å². The lowest BCUT2D eigenvalue weighted by Gasteiger charge is -2.19. The lowest BCUT2D eigenvalue weighted by molar-refractivity contribution is -0.192. The average Bonchev–Trinajstić information content (AvgIpc) is 3.51. The number of alkyl halides is 3. The first kappa shape index (κ1) is 33.7. The van der Waals surface area contributed by atoms with E-state index < -0.39 is 30.2 Å². The summed E-state index contributed by atoms with van der Waals surface area (Å²) in [6.07, 6.45) is -1.54. The number of rotatable bonds is 12. The third kappa shape index (κ3) is 10.5. The fourth-order valence-electron chi connectivity index (χ4n) is 4.05. The van der Waals surface area contributed by atoms with Gasteiger partial charge in [-0.3, -0.25) is 4.79 Å². The number of amides is 1. The van der Waals surface area contributed by atoms with E-state index in [4.69, 9.17) is 30.5 Å². The number of nitrogens with zero attached hydrogens (tertiary/aromatic N) is 1. The van der Waals surface area contributed by atoms with Crippen molar-refractivity contribution in [3.05, 3.63) is 102 Å². The minimum absolute atomic E-state index is 0.0447. The van der Waals surface area contributed by atoms with Gasteiger partial charge in [-0.2, -0.15) is 13.2 Å². The first-order chi connectivity index (χ1) is 21.0. The minimum atomic E-state index is -5.08. The molecule has 4 aromatic rings. The van der Waals surface area contributed by atoms with Crippen molar-refractivity contribution in [3.8, 4) is 0 Å². The number of hydrogen-bond donors (Lipinski definition) is 4. The van der Waals surface area contributed by atoms with Crippen LogP contribution in [0.2, 0.25) is 0 Å². The Bertz CT molecular complexity index is 1530. The van der Waals surface area contributed by atoms with Crippen LogP contribution in [-0.2, 0) is 27.4 Å². The van der Waals surface area contributed by atoms with Gasteiger partial charge in [0, 0.05) is 0 Å². The number of carboxylic acid groups (broad SMARTS) is 1. The summed E-state index contributed by atoms with van der Waals surface area (Å²) in [6, 6.07) is 22.5. The first-order valence-corrected chi connectivity index (χ1v) is 13.7. The van der Waals surface area contributed by atoms with Gasteiger partial charge in [0.05, 0.1) is 6.04 Å². The number of carbonyl (C=O) groups is 3. The lowest BCUT2D eigenvalue weighted by atomic mass is 10.0. The van der Waals surface area contributed by atoms with Crippen LogP contribution in [0.3, 0.4) is 0 Å². The van der Waals surface area contributed by atoms with Crippen LogP contribution < -0.4 is 16.8 Å². The summed E-state index contributed by atoms with van der Waals surface area (Å²) in [5, 5.41) is 12.4. The van der Waals surface area contributed by atoms with Crippen LogP contribution in [-0.4, -0.2) is 46.7 Å². The van der Waals surface area contributed by atoms with E-state index in [1.807, 2.05) is 42.5 Å². The SMILES string of the molecule is NCCC[C@@H](N)C(=O)N[C@H](CCc1ccc2ccccc2c1)c1nc(C(=O)OCc2ccccc2)co1.O=C(O)C(F)(F)F. The molecule has 0 saturated heterocycles. The topological polar surface area (TPSA) is 171 Å². The molecule has 3 aromatic carbocycles. The Morgan fingerprint density at radius 1 is 0.955 bits per heavy atom. The van der Waals surface area contributed by atoms with E-state index >= 15 is 0 Å². The van der Waals surface area contributed by atoms with Gasteiger partial charge >= 0.3 is 18.1 Å². The molecule has 1 aromatic heterocycles. The number of aryl methyl sites for hydroxylation is 1. The average molecular weight is 615 g/mol. The van der Waals surface area contributed by atoms with Gasteiger partial charge < -0.3 is 31.0 Å². The Morgan fingerprint density at radius 3 is 2.27 bits per heavy atom. The summed E-state index contributed by atoms with van der Waals surface area (Å²) in [7, 11) is 0. The van der Waals surface area contributed by atoms with Gasteiger partial charge in [0.1, 0.15) is 18.9 Å². The van der Waals surface area contributed by atoms with Gasteiger partial charge in [-0.05, 0) is 54.1 Å². The number of esters is 1. The van der Waals surface area contributed by atoms with Crippen LogP contribution in [0.25, 0.3) is 10.8 Å². The second kappa shape index (κ2) is 16.2. The summed E-state index contributed by atoms with van der Waals surface area (Å²) in [5.41, 5.74) is 13.6. The molecule has 2 atom stereocenters. The predicted octanol–water partition coefficient (Wildman–Crippen LogP) is 4.67. The number of ether oxygens (including phenoxy) is 1. The van der Waals surface area contributed by atoms with Crippen LogP contribution >= 0.6 is 0 Å². The largest absolute Gasteiger partial charge is 0.490 e. The van der Waals surface area contributed by atoms with Crippen LogP contribution in [0.5, 0.6) is 0 Å². The van der Waals surface area contributed by atoms with E-state index in [0.717, 1.165) is 21.9 Å². The number of aliphatic carboxylic acids is 1. The number of carboxylic acids is 1. The highest BCUT2D eigenvalue weighted by Gasteiger charge is 2.38. The number of halogens is 3. The van der Waals surface area contributed by atoms with Crippen LogP contribution in [0.15, 0.2) is 83.5 Å². The lowest BCUT2D eigenvalue weighted by Crippen LogP contribution is -2.42. The van der Waals surface area contributed by atoms with Crippen molar-refractivity contribution < 1.29 is 41.8 Å². The number of carbonyl (C=O) groups excluding carboxylic acids is 2. The standard InChI is InChI=1S/C29H32N4O4.C2HF3O2/c30-16-6-11-24(31)27(34)32-25(15-13-20-12-14-22-9-4-5-10-23(22)17-20)28-33-26(19-36-28)29(35)37-18-21-7-2-1-3-8-21;3-2(4,5)1(6)7/h1-5,7-10,12,14,17,19,24-25H,6,11,13,15-16,18,30-31H2,(H,32,34);(H,6,7)/t24-,25-;/m1./s1. The van der Waals surface area contributed by atoms with Crippen molar-refractivity contribution in [2.45, 2.75) is 50.6 Å². The smallest absolute Gasteiger partial charge is 0.475 e. The first-order valence-electron chi connectivity index (χ1n) is 13.7. The summed E-state index contributed by atoms with van der Waals surface area (Å²) in [5.74, 6) is -3.44. The molecule has 6 N–H and O–H groups in total. The maximum Gasteiger partial charge on any atom is 0.490 e. The van der Waals surface area contributed by atoms with Crippen LogP contribution in [0.4, 0.5) is 13.2 Å². The molecule has 0 unspecified atom stereocenters. The number of nitrogens with one attached hydrogen (secondary N) is 1. The Labute approximate surface area is 251 Å². The fourth-order valence-corrected chi connectivity index (χ4v) is 4.05. The number of nitrogens with two attached hydrogens (primary N) is 2. The number of hydrogen-bond acceptors (Lipinski definition) is 8. The second-order valence-corrected chi connectivity index (χ2v) is 9.75. The molecule has 10 nitrogen and oxygen atoms in total. The normalized spacial score (nSPS) is 12.5. The molecule has 1 heterocycles. The number of fused-ring (bicyclic) bond motifs is 1. The molecule has 44 heavy (non-hydrogen) atoms. The molecule has 0 saturated carbocycles. The van der Waals surface area contributed by atoms with Gasteiger partial charge in [0.25, 0.3) is 0 Å². The molecule has 4 rings (SSSR count). The minimum Gasteiger partial charge on any atom is -0.475 e. The molecule has 13 heteroatoms. The quantitative estimate of drug-likeness (QED) is 0.166. The van der Waals surface area contributed by atoms with Crippen LogP contribution in [0, 0.1) is 0 Å². The van der Waals surface area contributed by atoms with Crippen molar-refractivity contribution in [3.63, 3.8) is 0 Å². The van der Waals surface area contributed by atoms with E-state index in [1.165, 1.54) is 6.26 Å². The molecule has 0 spiro atoms. The molecule has 0 aliphatic carbocycles. The van der Waals surface area contributed by atoms with E-state index in [0.29, 0.717) is 32.2 Å². The summed E-state index contributed by atoms with van der Waals surface area (Å²) in [4.78, 5) is 38.6. The van der Waals surface area contributed by atoms with Crippen molar-refractivity contribution in [2.24, 2.45) is 11.5 Å². The molecule has 0 bridgehead atoms. The zero-order chi connectivity index (χ0) is 32.1. The Kier molecular flexibility index (Phi) is 12.4. The number of oxazole rings is 1. The zero-order valence-electron chi connectivity index (χ0n) is 23.6. The molecule has 0 aliphatic rings. The van der Waals surface area contributed by atoms with E-state index in [9.17, 15) is 22.8 Å². The number of benzene rings is 3.